The molecule has 2 aliphatic heterocycles. The number of pyridine rings is 1. The molecule has 2 aromatic carbocycles. The van der Waals surface area contributed by atoms with E-state index in [2.05, 4.69) is 20.1 Å². The number of aromatic nitrogens is 5. The maximum atomic E-state index is 14.4. The monoisotopic (exact) mass is 654 g/mol. The van der Waals surface area contributed by atoms with Crippen LogP contribution in [-0.4, -0.2) is 69.5 Å². The fourth-order valence-electron chi connectivity index (χ4n) is 4.82. The van der Waals surface area contributed by atoms with Gasteiger partial charge in [0.2, 0.25) is 0 Å². The maximum Gasteiger partial charge on any atom is 0.417 e. The first-order chi connectivity index (χ1) is 22.5. The van der Waals surface area contributed by atoms with E-state index in [1.807, 2.05) is 25.9 Å². The Hall–Kier alpha value is -4.98. The van der Waals surface area contributed by atoms with Crippen LogP contribution in [0.4, 0.5) is 22.0 Å². The Morgan fingerprint density at radius 3 is 2.45 bits per heavy atom. The number of imidazole rings is 1. The molecule has 5 rings (SSSR count). The van der Waals surface area contributed by atoms with Gasteiger partial charge in [-0.05, 0) is 63.3 Å². The second-order valence-corrected chi connectivity index (χ2v) is 10.9. The Morgan fingerprint density at radius 2 is 1.74 bits per heavy atom. The largest absolute Gasteiger partial charge is 0.494 e. The highest BCUT2D eigenvalue weighted by atomic mass is 19.4. The van der Waals surface area contributed by atoms with Crippen LogP contribution in [0.2, 0.25) is 0 Å². The molecule has 0 spiro atoms. The number of rotatable bonds is 12. The van der Waals surface area contributed by atoms with Crippen molar-refractivity contribution in [2.24, 2.45) is 0 Å². The van der Waals surface area contributed by atoms with E-state index in [1.165, 1.54) is 59.7 Å². The third-order valence-corrected chi connectivity index (χ3v) is 7.10. The predicted octanol–water partition coefficient (Wildman–Crippen LogP) is 6.68. The van der Waals surface area contributed by atoms with E-state index in [9.17, 15) is 26.7 Å². The third-order valence-electron chi connectivity index (χ3n) is 7.10. The van der Waals surface area contributed by atoms with Gasteiger partial charge < -0.3 is 14.4 Å². The minimum atomic E-state index is -4.68. The van der Waals surface area contributed by atoms with Gasteiger partial charge in [0.25, 0.3) is 0 Å². The van der Waals surface area contributed by atoms with Crippen LogP contribution in [0.5, 0.6) is 5.75 Å². The molecule has 0 radical (unpaired) electrons. The molecule has 0 bridgehead atoms. The molecule has 1 aromatic heterocycles. The summed E-state index contributed by atoms with van der Waals surface area (Å²) >= 11 is 0. The van der Waals surface area contributed by atoms with Crippen molar-refractivity contribution >= 4 is 5.97 Å². The van der Waals surface area contributed by atoms with Crippen molar-refractivity contribution in [3.8, 4) is 39.8 Å². The first kappa shape index (κ1) is 33.4. The van der Waals surface area contributed by atoms with E-state index in [0.717, 1.165) is 12.1 Å². The zero-order chi connectivity index (χ0) is 33.7. The van der Waals surface area contributed by atoms with Crippen LogP contribution >= 0.6 is 0 Å². The number of ether oxygens (including phenoxy) is 2. The zero-order valence-electron chi connectivity index (χ0n) is 25.8. The lowest BCUT2D eigenvalue weighted by atomic mass is 10.0. The number of benzene rings is 2. The molecule has 0 aliphatic carbocycles. The summed E-state index contributed by atoms with van der Waals surface area (Å²) < 4.78 is 82.6. The summed E-state index contributed by atoms with van der Waals surface area (Å²) in [6.07, 6.45) is 0.509. The van der Waals surface area contributed by atoms with Crippen molar-refractivity contribution in [3.05, 3.63) is 89.9 Å². The highest BCUT2D eigenvalue weighted by Crippen LogP contribution is 2.39. The predicted molar refractivity (Wildman–Crippen MR) is 163 cm³/mol. The van der Waals surface area contributed by atoms with Crippen molar-refractivity contribution in [1.29, 1.82) is 0 Å². The summed E-state index contributed by atoms with van der Waals surface area (Å²) in [4.78, 5) is 28.3. The van der Waals surface area contributed by atoms with Crippen LogP contribution in [0.25, 0.3) is 34.0 Å². The molecule has 14 heteroatoms. The lowest BCUT2D eigenvalue weighted by Crippen LogP contribution is -2.26. The van der Waals surface area contributed by atoms with Gasteiger partial charge in [0, 0.05) is 23.9 Å². The quantitative estimate of drug-likeness (QED) is 0.0836. The summed E-state index contributed by atoms with van der Waals surface area (Å²) in [6.45, 7) is 2.88. The highest BCUT2D eigenvalue weighted by Gasteiger charge is 2.35. The Morgan fingerprint density at radius 1 is 0.957 bits per heavy atom. The fraction of sp³-hybridized carbons (Fsp3) is 0.303. The molecule has 2 aliphatic rings. The summed E-state index contributed by atoms with van der Waals surface area (Å²) in [5, 5.41) is 4.32. The highest BCUT2D eigenvalue weighted by molar-refractivity contribution is 5.78. The maximum absolute atomic E-state index is 14.4. The van der Waals surface area contributed by atoms with Gasteiger partial charge in [0.1, 0.15) is 17.1 Å². The van der Waals surface area contributed by atoms with Crippen molar-refractivity contribution in [1.82, 2.24) is 29.6 Å². The minimum absolute atomic E-state index is 0.0262. The number of halogens is 5. The third kappa shape index (κ3) is 7.71. The average Bonchev–Trinajstić information content (AvgIpc) is 3.47. The molecule has 3 aromatic rings. The standard InChI is InChI=1S/C33H31F5N6O3/c1-4-14-46-21-10-11-22(24(16-21)33(36,37)38)26-12-9-20(17-39-26)30(32(45)47-15-6-13-43(2)3)44-19-28-27(18-40-44)41-31(42-28)23-7-5-8-25(34)29(23)35/h5,7-12,16-19,30H,4,6,13-15H2,1-3H3. The van der Waals surface area contributed by atoms with Gasteiger partial charge in [-0.25, -0.2) is 23.5 Å². The summed E-state index contributed by atoms with van der Waals surface area (Å²) in [5.41, 5.74) is -0.426. The van der Waals surface area contributed by atoms with Gasteiger partial charge in [-0.2, -0.15) is 18.3 Å². The van der Waals surface area contributed by atoms with E-state index in [-0.39, 0.29) is 58.6 Å². The molecule has 0 N–H and O–H groups in total. The van der Waals surface area contributed by atoms with E-state index in [0.29, 0.717) is 19.4 Å². The fourth-order valence-corrected chi connectivity index (χ4v) is 4.82. The smallest absolute Gasteiger partial charge is 0.417 e. The number of hydrogen-bond acceptors (Lipinski definition) is 8. The van der Waals surface area contributed by atoms with Crippen LogP contribution in [-0.2, 0) is 15.7 Å². The summed E-state index contributed by atoms with van der Waals surface area (Å²) in [6, 6.07) is 8.97. The van der Waals surface area contributed by atoms with Crippen molar-refractivity contribution in [2.75, 3.05) is 33.9 Å². The first-order valence-electron chi connectivity index (χ1n) is 14.7. The molecule has 1 unspecified atom stereocenters. The van der Waals surface area contributed by atoms with E-state index in [4.69, 9.17) is 9.47 Å². The zero-order valence-corrected chi connectivity index (χ0v) is 25.8. The van der Waals surface area contributed by atoms with Crippen LogP contribution in [0.3, 0.4) is 0 Å². The molecule has 47 heavy (non-hydrogen) atoms. The van der Waals surface area contributed by atoms with Gasteiger partial charge in [0.05, 0.1) is 42.4 Å². The SMILES string of the molecule is CCCOc1ccc(-c2ccc(C(C(=O)OCCCN(C)C)n3cc4nc(-c5cccc(F)c5F)nc-4cn3)cn2)c(C(F)(F)F)c1. The Kier molecular flexibility index (Phi) is 10.1. The topological polar surface area (TPSA) is 95.3 Å². The van der Waals surface area contributed by atoms with Gasteiger partial charge in [-0.3, -0.25) is 9.67 Å². The summed E-state index contributed by atoms with van der Waals surface area (Å²) in [7, 11) is 3.77. The molecule has 9 nitrogen and oxygen atoms in total. The van der Waals surface area contributed by atoms with Crippen molar-refractivity contribution in [3.63, 3.8) is 0 Å². The molecule has 0 fully saturated rings. The number of carbonyl (C=O) groups excluding carboxylic acids is 1. The van der Waals surface area contributed by atoms with E-state index < -0.39 is 35.4 Å². The van der Waals surface area contributed by atoms with Crippen LogP contribution in [0.1, 0.15) is 36.9 Å². The number of hydrogen-bond donors (Lipinski definition) is 0. The molecular weight excluding hydrogens is 623 g/mol. The molecular formula is C33H31F5N6O3. The number of nitrogens with zero attached hydrogens (tertiary/aromatic N) is 6. The average molecular weight is 655 g/mol. The van der Waals surface area contributed by atoms with Crippen LogP contribution in [0.15, 0.2) is 67.1 Å². The Labute approximate surface area is 267 Å². The lowest BCUT2D eigenvalue weighted by Gasteiger charge is -2.20. The van der Waals surface area contributed by atoms with Crippen molar-refractivity contribution in [2.45, 2.75) is 32.0 Å². The molecule has 0 saturated heterocycles. The van der Waals surface area contributed by atoms with Gasteiger partial charge in [-0.15, -0.1) is 0 Å². The second kappa shape index (κ2) is 14.2. The van der Waals surface area contributed by atoms with E-state index >= 15 is 0 Å². The van der Waals surface area contributed by atoms with Crippen LogP contribution in [0, 0.1) is 11.6 Å². The second-order valence-electron chi connectivity index (χ2n) is 10.9. The lowest BCUT2D eigenvalue weighted by molar-refractivity contribution is -0.146. The molecule has 246 valence electrons. The minimum Gasteiger partial charge on any atom is -0.494 e. The molecule has 0 amide bonds. The normalized spacial score (nSPS) is 12.4. The van der Waals surface area contributed by atoms with Crippen LogP contribution < -0.4 is 4.74 Å². The molecule has 1 atom stereocenters. The Bertz CT molecular complexity index is 1810. The number of fused-ring (bicyclic) bond motifs is 1. The number of carbonyl (C=O) groups is 1. The number of alkyl halides is 3. The Balaban J connectivity index is 1.51. The van der Waals surface area contributed by atoms with Gasteiger partial charge in [0.15, 0.2) is 23.5 Å². The van der Waals surface area contributed by atoms with Gasteiger partial charge in [-0.1, -0.05) is 19.1 Å². The molecule has 3 heterocycles. The van der Waals surface area contributed by atoms with Crippen molar-refractivity contribution < 1.29 is 36.2 Å². The molecule has 0 saturated carbocycles. The van der Waals surface area contributed by atoms with E-state index in [1.54, 1.807) is 0 Å². The van der Waals surface area contributed by atoms with Gasteiger partial charge >= 0.3 is 12.1 Å². The number of esters is 1. The summed E-state index contributed by atoms with van der Waals surface area (Å²) in [5.74, 6) is -2.84. The first-order valence-corrected chi connectivity index (χ1v) is 14.7.